The molecule has 1 aliphatic heterocycles. The summed E-state index contributed by atoms with van der Waals surface area (Å²) in [6.07, 6.45) is 3.63. The summed E-state index contributed by atoms with van der Waals surface area (Å²) >= 11 is 0. The van der Waals surface area contributed by atoms with Gasteiger partial charge in [-0.3, -0.25) is 0 Å². The summed E-state index contributed by atoms with van der Waals surface area (Å²) in [6.45, 7) is 9.90. The molecule has 1 fully saturated rings. The average Bonchev–Trinajstić information content (AvgIpc) is 3.57. The third-order valence-corrected chi connectivity index (χ3v) is 15.1. The summed E-state index contributed by atoms with van der Waals surface area (Å²) in [5.74, 6) is 1.10. The van der Waals surface area contributed by atoms with E-state index in [1.165, 1.54) is 124 Å². The molecule has 10 aromatic rings. The van der Waals surface area contributed by atoms with Crippen LogP contribution in [-0.4, -0.2) is 5.54 Å². The molecule has 3 unspecified atom stereocenters. The molecule has 0 radical (unpaired) electrons. The van der Waals surface area contributed by atoms with Crippen molar-refractivity contribution >= 4 is 54.5 Å². The Labute approximate surface area is 365 Å². The second kappa shape index (κ2) is 13.9. The van der Waals surface area contributed by atoms with Crippen LogP contribution in [-0.2, 0) is 0 Å². The van der Waals surface area contributed by atoms with Crippen LogP contribution in [0.2, 0.25) is 0 Å². The zero-order valence-corrected chi connectivity index (χ0v) is 36.1. The average molecular weight is 798 g/mol. The zero-order valence-electron chi connectivity index (χ0n) is 36.1. The number of fused-ring (bicyclic) bond motifs is 4. The fraction of sp³-hybridized carbons (Fsp3) is 0.180. The molecule has 0 saturated heterocycles. The maximum atomic E-state index is 2.70. The Kier molecular flexibility index (Phi) is 8.32. The van der Waals surface area contributed by atoms with Crippen molar-refractivity contribution in [1.82, 2.24) is 0 Å². The smallest absolute Gasteiger partial charge is 0.0492 e. The van der Waals surface area contributed by atoms with Crippen molar-refractivity contribution in [2.45, 2.75) is 58.4 Å². The first-order valence-electron chi connectivity index (χ1n) is 22.6. The van der Waals surface area contributed by atoms with E-state index in [1.54, 1.807) is 0 Å². The van der Waals surface area contributed by atoms with Crippen LogP contribution < -0.4 is 4.90 Å². The van der Waals surface area contributed by atoms with Crippen LogP contribution in [0.1, 0.15) is 58.4 Å². The summed E-state index contributed by atoms with van der Waals surface area (Å²) in [7, 11) is 0. The van der Waals surface area contributed by atoms with Crippen molar-refractivity contribution in [2.75, 3.05) is 4.90 Å². The van der Waals surface area contributed by atoms with Crippen molar-refractivity contribution in [3.8, 4) is 44.5 Å². The zero-order chi connectivity index (χ0) is 41.7. The summed E-state index contributed by atoms with van der Waals surface area (Å²) in [4.78, 5) is 2.70. The molecule has 1 heterocycles. The number of hydrogen-bond donors (Lipinski definition) is 0. The van der Waals surface area contributed by atoms with E-state index in [4.69, 9.17) is 0 Å². The lowest BCUT2D eigenvalue weighted by Gasteiger charge is -2.49. The van der Waals surface area contributed by atoms with Gasteiger partial charge in [-0.2, -0.15) is 0 Å². The minimum Gasteiger partial charge on any atom is -0.335 e. The molecule has 0 bridgehead atoms. The molecule has 0 N–H and O–H groups in total. The molecule has 0 amide bonds. The summed E-state index contributed by atoms with van der Waals surface area (Å²) in [5.41, 5.74) is 14.6. The van der Waals surface area contributed by atoms with Gasteiger partial charge in [-0.05, 0) is 167 Å². The fourth-order valence-electron chi connectivity index (χ4n) is 11.9. The van der Waals surface area contributed by atoms with Gasteiger partial charge in [-0.1, -0.05) is 172 Å². The van der Waals surface area contributed by atoms with Gasteiger partial charge in [0.05, 0.1) is 0 Å². The van der Waals surface area contributed by atoms with Gasteiger partial charge in [0, 0.05) is 22.8 Å². The Bertz CT molecular complexity index is 3320. The van der Waals surface area contributed by atoms with Gasteiger partial charge in [0.25, 0.3) is 0 Å². The monoisotopic (exact) mass is 797 g/mol. The molecule has 0 spiro atoms. The Hall–Kier alpha value is -6.70. The van der Waals surface area contributed by atoms with Crippen LogP contribution in [0.5, 0.6) is 0 Å². The molecule has 1 aliphatic carbocycles. The summed E-state index contributed by atoms with van der Waals surface area (Å²) < 4.78 is 0. The van der Waals surface area contributed by atoms with Crippen molar-refractivity contribution in [2.24, 2.45) is 11.3 Å². The summed E-state index contributed by atoms with van der Waals surface area (Å²) in [6, 6.07) is 71.0. The highest BCUT2D eigenvalue weighted by Gasteiger charge is 2.53. The first-order valence-corrected chi connectivity index (χ1v) is 22.6. The minimum absolute atomic E-state index is 0.00771. The van der Waals surface area contributed by atoms with Crippen molar-refractivity contribution in [3.63, 3.8) is 0 Å². The lowest BCUT2D eigenvalue weighted by molar-refractivity contribution is 0.127. The van der Waals surface area contributed by atoms with E-state index in [-0.39, 0.29) is 11.0 Å². The first-order chi connectivity index (χ1) is 30.3. The molecular formula is C61H51N. The third kappa shape index (κ3) is 5.60. The minimum atomic E-state index is 0.00771. The second-order valence-corrected chi connectivity index (χ2v) is 19.5. The van der Waals surface area contributed by atoms with Gasteiger partial charge >= 0.3 is 0 Å². The van der Waals surface area contributed by atoms with Crippen LogP contribution >= 0.6 is 0 Å². The van der Waals surface area contributed by atoms with Crippen LogP contribution in [0.4, 0.5) is 11.4 Å². The largest absolute Gasteiger partial charge is 0.335 e. The number of anilines is 2. The highest BCUT2D eigenvalue weighted by Crippen LogP contribution is 2.61. The highest BCUT2D eigenvalue weighted by molar-refractivity contribution is 6.32. The van der Waals surface area contributed by atoms with Gasteiger partial charge in [0.1, 0.15) is 0 Å². The van der Waals surface area contributed by atoms with E-state index in [9.17, 15) is 0 Å². The Morgan fingerprint density at radius 2 is 1.00 bits per heavy atom. The highest BCUT2D eigenvalue weighted by atomic mass is 15.2. The fourth-order valence-corrected chi connectivity index (χ4v) is 11.9. The molecule has 300 valence electrons. The summed E-state index contributed by atoms with van der Waals surface area (Å²) in [5, 5.41) is 10.4. The van der Waals surface area contributed by atoms with Gasteiger partial charge < -0.3 is 4.90 Å². The van der Waals surface area contributed by atoms with E-state index < -0.39 is 0 Å². The number of nitrogens with zero attached hydrogens (tertiary/aromatic N) is 1. The Morgan fingerprint density at radius 3 is 1.63 bits per heavy atom. The molecule has 0 aromatic heterocycles. The number of para-hydroxylation sites is 1. The van der Waals surface area contributed by atoms with Gasteiger partial charge in [-0.15, -0.1) is 0 Å². The number of hydrogen-bond acceptors (Lipinski definition) is 1. The van der Waals surface area contributed by atoms with Crippen LogP contribution in [0.15, 0.2) is 188 Å². The normalized spacial score (nSPS) is 18.8. The van der Waals surface area contributed by atoms with E-state index >= 15 is 0 Å². The van der Waals surface area contributed by atoms with Crippen molar-refractivity contribution < 1.29 is 0 Å². The Balaban J connectivity index is 1.16. The standard InChI is InChI=1S/C61H51N/c1-60(2,3)43-33-34-61(4)56(36-43)55-35-42(27-32-57(55)62(61)44-23-12-7-13-24-44)53-37-51(40-17-8-5-9-18-40)47-30-31-50-54(46-26-16-22-39-21-14-15-25-45(39)46)38-52(41-19-10-6-11-20-41)48-28-29-49(53)58(47)59(48)50/h5-32,35,37-38,43,56H,33-34,36H2,1-4H3. The molecule has 1 heteroatoms. The maximum Gasteiger partial charge on any atom is 0.0492 e. The first kappa shape index (κ1) is 37.1. The number of rotatable bonds is 5. The predicted octanol–water partition coefficient (Wildman–Crippen LogP) is 17.2. The third-order valence-electron chi connectivity index (χ3n) is 15.1. The molecule has 10 aromatic carbocycles. The topological polar surface area (TPSA) is 3.24 Å². The van der Waals surface area contributed by atoms with Crippen molar-refractivity contribution in [1.29, 1.82) is 0 Å². The number of benzene rings is 10. The molecule has 1 nitrogen and oxygen atoms in total. The van der Waals surface area contributed by atoms with E-state index in [1.807, 2.05) is 0 Å². The van der Waals surface area contributed by atoms with Crippen LogP contribution in [0.25, 0.3) is 87.6 Å². The van der Waals surface area contributed by atoms with E-state index in [0.29, 0.717) is 11.8 Å². The van der Waals surface area contributed by atoms with E-state index in [0.717, 1.165) is 0 Å². The van der Waals surface area contributed by atoms with Crippen LogP contribution in [0.3, 0.4) is 0 Å². The Morgan fingerprint density at radius 1 is 0.468 bits per heavy atom. The maximum absolute atomic E-state index is 2.70. The SMILES string of the molecule is CC(C)(C)C1CCC2(C)C(C1)c1cc(-c3cc(-c4ccccc4)c4ccc5c(-c6cccc7ccccc67)cc(-c6ccccc6)c6ccc3c4c65)ccc1N2c1ccccc1. The molecule has 62 heavy (non-hydrogen) atoms. The van der Waals surface area contributed by atoms with Gasteiger partial charge in [-0.25, -0.2) is 0 Å². The molecule has 2 aliphatic rings. The van der Waals surface area contributed by atoms with E-state index in [2.05, 4.69) is 221 Å². The van der Waals surface area contributed by atoms with Crippen molar-refractivity contribution in [3.05, 3.63) is 194 Å². The van der Waals surface area contributed by atoms with Crippen LogP contribution in [0, 0.1) is 11.3 Å². The molecule has 12 rings (SSSR count). The van der Waals surface area contributed by atoms with Gasteiger partial charge in [0.15, 0.2) is 0 Å². The molecule has 3 atom stereocenters. The quantitative estimate of drug-likeness (QED) is 0.157. The lowest BCUT2D eigenvalue weighted by atomic mass is 9.62. The lowest BCUT2D eigenvalue weighted by Crippen LogP contribution is -2.48. The predicted molar refractivity (Wildman–Crippen MR) is 266 cm³/mol. The second-order valence-electron chi connectivity index (χ2n) is 19.5. The van der Waals surface area contributed by atoms with Gasteiger partial charge in [0.2, 0.25) is 0 Å². The molecular weight excluding hydrogens is 747 g/mol. The molecule has 1 saturated carbocycles.